The van der Waals surface area contributed by atoms with Gasteiger partial charge < -0.3 is 10.7 Å². The van der Waals surface area contributed by atoms with Crippen LogP contribution in [-0.2, 0) is 0 Å². The summed E-state index contributed by atoms with van der Waals surface area (Å²) in [5, 5.41) is 0. The molecule has 2 aromatic heterocycles. The maximum Gasteiger partial charge on any atom is 0.303 e. The fourth-order valence-corrected chi connectivity index (χ4v) is 1.11. The zero-order chi connectivity index (χ0) is 10.1. The highest BCUT2D eigenvalue weighted by molar-refractivity contribution is 5.85. The molecule has 2 heterocycles. The molecule has 0 aliphatic heterocycles. The van der Waals surface area contributed by atoms with Gasteiger partial charge in [0.15, 0.2) is 5.52 Å². The van der Waals surface area contributed by atoms with Gasteiger partial charge in [0.25, 0.3) is 5.65 Å². The second-order valence-corrected chi connectivity index (χ2v) is 2.59. The van der Waals surface area contributed by atoms with Crippen LogP contribution in [0.3, 0.4) is 0 Å². The van der Waals surface area contributed by atoms with E-state index in [9.17, 15) is 9.59 Å². The van der Waals surface area contributed by atoms with Gasteiger partial charge in [0.05, 0.1) is 0 Å². The number of hydrogen-bond donors (Lipinski definition) is 2. The number of aldehydes is 2. The maximum absolute atomic E-state index is 10.4. The third kappa shape index (κ3) is 1.11. The van der Waals surface area contributed by atoms with Crippen LogP contribution < -0.4 is 10.7 Å². The van der Waals surface area contributed by atoms with E-state index >= 15 is 0 Å². The second kappa shape index (κ2) is 2.87. The van der Waals surface area contributed by atoms with Crippen molar-refractivity contribution in [2.24, 2.45) is 0 Å². The van der Waals surface area contributed by atoms with E-state index in [1.54, 1.807) is 0 Å². The number of aromatic amines is 2. The summed E-state index contributed by atoms with van der Waals surface area (Å²) in [5.41, 5.74) is 6.27. The van der Waals surface area contributed by atoms with Crippen LogP contribution >= 0.6 is 0 Å². The molecular formula is C7H6N5O2+. The van der Waals surface area contributed by atoms with Crippen LogP contribution in [0.2, 0.25) is 0 Å². The molecule has 0 unspecified atom stereocenters. The van der Waals surface area contributed by atoms with Crippen LogP contribution in [-0.4, -0.2) is 27.5 Å². The van der Waals surface area contributed by atoms with Crippen molar-refractivity contribution < 1.29 is 14.6 Å². The average molecular weight is 192 g/mol. The van der Waals surface area contributed by atoms with Crippen molar-refractivity contribution in [1.82, 2.24) is 15.0 Å². The molecule has 0 spiro atoms. The van der Waals surface area contributed by atoms with Gasteiger partial charge in [-0.15, -0.1) is 0 Å². The van der Waals surface area contributed by atoms with E-state index in [1.807, 2.05) is 0 Å². The smallest absolute Gasteiger partial charge is 0.303 e. The molecule has 4 N–H and O–H groups in total. The van der Waals surface area contributed by atoms with Crippen LogP contribution in [0.1, 0.15) is 21.2 Å². The minimum absolute atomic E-state index is 0.0685. The monoisotopic (exact) mass is 192 g/mol. The van der Waals surface area contributed by atoms with Gasteiger partial charge in [-0.1, -0.05) is 9.97 Å². The Hall–Kier alpha value is -2.31. The van der Waals surface area contributed by atoms with Crippen LogP contribution in [0, 0.1) is 0 Å². The molecule has 0 saturated carbocycles. The molecule has 0 aliphatic carbocycles. The predicted molar refractivity (Wildman–Crippen MR) is 45.6 cm³/mol. The zero-order valence-electron chi connectivity index (χ0n) is 6.94. The number of rotatable bonds is 2. The summed E-state index contributed by atoms with van der Waals surface area (Å²) in [4.78, 5) is 33.7. The summed E-state index contributed by atoms with van der Waals surface area (Å²) >= 11 is 0. The molecule has 0 aromatic carbocycles. The number of imidazole rings is 1. The van der Waals surface area contributed by atoms with Gasteiger partial charge in [0.2, 0.25) is 24.2 Å². The molecule has 0 amide bonds. The Bertz CT molecular complexity index is 518. The molecule has 0 radical (unpaired) electrons. The summed E-state index contributed by atoms with van der Waals surface area (Å²) < 4.78 is 0. The number of H-pyrrole nitrogens is 2. The number of nitrogens with zero attached hydrogens (tertiary/aromatic N) is 2. The molecule has 0 atom stereocenters. The highest BCUT2D eigenvalue weighted by Crippen LogP contribution is 2.10. The van der Waals surface area contributed by atoms with Crippen molar-refractivity contribution in [3.8, 4) is 0 Å². The van der Waals surface area contributed by atoms with E-state index in [1.165, 1.54) is 0 Å². The Morgan fingerprint density at radius 2 is 2.07 bits per heavy atom. The quantitative estimate of drug-likeness (QED) is 0.590. The van der Waals surface area contributed by atoms with Crippen LogP contribution in [0.4, 0.5) is 5.82 Å². The van der Waals surface area contributed by atoms with Crippen LogP contribution in [0.15, 0.2) is 0 Å². The molecule has 14 heavy (non-hydrogen) atoms. The summed E-state index contributed by atoms with van der Waals surface area (Å²) in [6.07, 6.45) is 1.07. The Morgan fingerprint density at radius 1 is 1.29 bits per heavy atom. The first-order valence-electron chi connectivity index (χ1n) is 3.73. The van der Waals surface area contributed by atoms with Crippen molar-refractivity contribution in [2.75, 3.05) is 5.73 Å². The highest BCUT2D eigenvalue weighted by atomic mass is 16.1. The lowest BCUT2D eigenvalue weighted by Crippen LogP contribution is -2.16. The summed E-state index contributed by atoms with van der Waals surface area (Å²) in [6.45, 7) is 0. The van der Waals surface area contributed by atoms with Gasteiger partial charge in [-0.05, 0) is 0 Å². The first-order valence-corrected chi connectivity index (χ1v) is 3.73. The van der Waals surface area contributed by atoms with E-state index in [2.05, 4.69) is 19.9 Å². The fraction of sp³-hybridized carbons (Fsp3) is 0. The number of nitrogens with two attached hydrogens (primary N) is 1. The number of nitrogen functional groups attached to an aromatic ring is 1. The van der Waals surface area contributed by atoms with Gasteiger partial charge in [-0.2, -0.15) is 0 Å². The zero-order valence-corrected chi connectivity index (χ0v) is 6.94. The molecule has 7 heteroatoms. The average Bonchev–Trinajstić information content (AvgIpc) is 2.61. The summed E-state index contributed by atoms with van der Waals surface area (Å²) in [5.74, 6) is 0.327. The molecule has 70 valence electrons. The van der Waals surface area contributed by atoms with E-state index in [4.69, 9.17) is 5.73 Å². The van der Waals surface area contributed by atoms with Gasteiger partial charge >= 0.3 is 5.82 Å². The van der Waals surface area contributed by atoms with Gasteiger partial charge in [-0.3, -0.25) is 9.59 Å². The molecule has 0 saturated heterocycles. The lowest BCUT2D eigenvalue weighted by atomic mass is 10.5. The SMILES string of the molecule is Nc1nc(C=O)[nH+]c2nc(C=O)[nH]c12. The fourth-order valence-electron chi connectivity index (χ4n) is 1.11. The number of aromatic nitrogens is 4. The number of anilines is 1. The van der Waals surface area contributed by atoms with E-state index in [0.29, 0.717) is 23.7 Å². The summed E-state index contributed by atoms with van der Waals surface area (Å²) in [6, 6.07) is 0. The topological polar surface area (TPSA) is 116 Å². The molecule has 2 aromatic rings. The largest absolute Gasteiger partial charge is 0.368 e. The van der Waals surface area contributed by atoms with E-state index in [0.717, 1.165) is 0 Å². The van der Waals surface area contributed by atoms with Crippen molar-refractivity contribution in [1.29, 1.82) is 0 Å². The normalized spacial score (nSPS) is 10.3. The molecule has 0 bridgehead atoms. The molecule has 0 fully saturated rings. The van der Waals surface area contributed by atoms with Gasteiger partial charge in [0.1, 0.15) is 0 Å². The van der Waals surface area contributed by atoms with E-state index < -0.39 is 0 Å². The third-order valence-corrected chi connectivity index (χ3v) is 1.69. The van der Waals surface area contributed by atoms with Crippen LogP contribution in [0.5, 0.6) is 0 Å². The van der Waals surface area contributed by atoms with Crippen LogP contribution in [0.25, 0.3) is 11.2 Å². The third-order valence-electron chi connectivity index (χ3n) is 1.69. The van der Waals surface area contributed by atoms with Crippen molar-refractivity contribution in [3.63, 3.8) is 0 Å². The standard InChI is InChI=1S/C7H5N5O2/c8-6-5-7(11-3(1-13)9-5)12-4(2-14)10-6/h1-2H,(H3,8,9,10,11,12)/p+1. The Balaban J connectivity index is 2.79. The van der Waals surface area contributed by atoms with Gasteiger partial charge in [0, 0.05) is 0 Å². The van der Waals surface area contributed by atoms with Crippen molar-refractivity contribution >= 4 is 29.6 Å². The van der Waals surface area contributed by atoms with E-state index in [-0.39, 0.29) is 17.5 Å². The minimum atomic E-state index is 0.0685. The predicted octanol–water partition coefficient (Wildman–Crippen LogP) is -1.02. The molecule has 2 rings (SSSR count). The Labute approximate surface area is 77.4 Å². The van der Waals surface area contributed by atoms with Crippen molar-refractivity contribution in [2.45, 2.75) is 0 Å². The number of carbonyl (C=O) groups is 2. The first kappa shape index (κ1) is 8.30. The highest BCUT2D eigenvalue weighted by Gasteiger charge is 2.16. The minimum Gasteiger partial charge on any atom is -0.368 e. The lowest BCUT2D eigenvalue weighted by molar-refractivity contribution is -0.355. The lowest BCUT2D eigenvalue weighted by Gasteiger charge is -1.87. The number of hydrogen-bond acceptors (Lipinski definition) is 5. The Morgan fingerprint density at radius 3 is 2.71 bits per heavy atom. The number of fused-ring (bicyclic) bond motifs is 1. The second-order valence-electron chi connectivity index (χ2n) is 2.59. The first-order chi connectivity index (χ1) is 6.74. The maximum atomic E-state index is 10.4. The number of carbonyl (C=O) groups excluding carboxylic acids is 2. The van der Waals surface area contributed by atoms with Gasteiger partial charge in [-0.25, -0.2) is 4.98 Å². The molecule has 0 aliphatic rings. The number of nitrogens with one attached hydrogen (secondary N) is 2. The molecule has 7 nitrogen and oxygen atoms in total. The summed E-state index contributed by atoms with van der Waals surface area (Å²) in [7, 11) is 0. The van der Waals surface area contributed by atoms with Crippen molar-refractivity contribution in [3.05, 3.63) is 11.6 Å². The molecular weight excluding hydrogens is 186 g/mol. The Kier molecular flexibility index (Phi) is 1.70.